The van der Waals surface area contributed by atoms with Crippen LogP contribution in [0.2, 0.25) is 0 Å². The Morgan fingerprint density at radius 2 is 1.76 bits per heavy atom. The first kappa shape index (κ1) is 13.5. The average Bonchev–Trinajstić information content (AvgIpc) is 3.00. The van der Waals surface area contributed by atoms with E-state index in [2.05, 4.69) is 4.98 Å². The van der Waals surface area contributed by atoms with Crippen molar-refractivity contribution in [2.24, 2.45) is 0 Å². The minimum Gasteiger partial charge on any atom is -0.454 e. The monoisotopic (exact) mass is 281 g/mol. The van der Waals surface area contributed by atoms with E-state index in [1.54, 1.807) is 12.1 Å². The predicted octanol–water partition coefficient (Wildman–Crippen LogP) is 2.61. The smallest absolute Gasteiger partial charge is 0.338 e. The molecule has 1 aromatic carbocycles. The number of nitrogens with zero attached hydrogens (tertiary/aromatic N) is 1. The molecule has 3 rings (SSSR count). The molecule has 0 amide bonds. The highest BCUT2D eigenvalue weighted by atomic mass is 16.5. The first-order valence-corrected chi connectivity index (χ1v) is 6.96. The molecule has 1 aliphatic rings. The normalized spacial score (nSPS) is 12.8. The Balaban J connectivity index is 1.63. The Hall–Kier alpha value is -2.49. The quantitative estimate of drug-likeness (QED) is 0.638. The number of fused-ring (bicyclic) bond motifs is 1. The van der Waals surface area contributed by atoms with Crippen LogP contribution in [-0.2, 0) is 17.6 Å². The Bertz CT molecular complexity index is 680. The van der Waals surface area contributed by atoms with Crippen molar-refractivity contribution in [1.82, 2.24) is 4.98 Å². The number of Topliss-reactive ketones (excluding diaryl/α,β-unsaturated/α-hetero) is 1. The van der Waals surface area contributed by atoms with Gasteiger partial charge in [0.1, 0.15) is 0 Å². The molecular weight excluding hydrogens is 266 g/mol. The number of ether oxygens (including phenoxy) is 1. The zero-order chi connectivity index (χ0) is 14.7. The Morgan fingerprint density at radius 1 is 1.00 bits per heavy atom. The molecule has 21 heavy (non-hydrogen) atoms. The van der Waals surface area contributed by atoms with Gasteiger partial charge in [0.05, 0.1) is 5.56 Å². The van der Waals surface area contributed by atoms with Gasteiger partial charge in [-0.2, -0.15) is 0 Å². The van der Waals surface area contributed by atoms with Crippen molar-refractivity contribution in [3.05, 3.63) is 65.0 Å². The Kier molecular flexibility index (Phi) is 3.77. The lowest BCUT2D eigenvalue weighted by molar-refractivity contribution is 0.0474. The molecule has 0 atom stereocenters. The van der Waals surface area contributed by atoms with Crippen LogP contribution in [0.15, 0.2) is 42.7 Å². The number of benzene rings is 1. The van der Waals surface area contributed by atoms with Crippen LogP contribution in [0.25, 0.3) is 0 Å². The first-order chi connectivity index (χ1) is 10.2. The highest BCUT2D eigenvalue weighted by molar-refractivity contribution is 5.99. The van der Waals surface area contributed by atoms with Crippen LogP contribution < -0.4 is 0 Å². The highest BCUT2D eigenvalue weighted by Gasteiger charge is 2.15. The van der Waals surface area contributed by atoms with E-state index in [0.29, 0.717) is 11.1 Å². The van der Waals surface area contributed by atoms with Gasteiger partial charge in [0, 0.05) is 18.0 Å². The van der Waals surface area contributed by atoms with E-state index < -0.39 is 5.97 Å². The number of aromatic nitrogens is 1. The maximum atomic E-state index is 12.1. The minimum absolute atomic E-state index is 0.174. The fraction of sp³-hybridized carbons (Fsp3) is 0.235. The number of hydrogen-bond acceptors (Lipinski definition) is 4. The first-order valence-electron chi connectivity index (χ1n) is 6.96. The summed E-state index contributed by atoms with van der Waals surface area (Å²) in [5, 5.41) is 0. The number of pyridine rings is 1. The van der Waals surface area contributed by atoms with Gasteiger partial charge < -0.3 is 4.74 Å². The fourth-order valence-corrected chi connectivity index (χ4v) is 2.53. The molecule has 4 nitrogen and oxygen atoms in total. The van der Waals surface area contributed by atoms with Gasteiger partial charge in [-0.05, 0) is 48.6 Å². The van der Waals surface area contributed by atoms with Crippen LogP contribution in [-0.4, -0.2) is 23.3 Å². The second-order valence-electron chi connectivity index (χ2n) is 5.07. The van der Waals surface area contributed by atoms with E-state index in [-0.39, 0.29) is 12.4 Å². The summed E-state index contributed by atoms with van der Waals surface area (Å²) in [7, 11) is 0. The summed E-state index contributed by atoms with van der Waals surface area (Å²) < 4.78 is 5.05. The second-order valence-corrected chi connectivity index (χ2v) is 5.07. The van der Waals surface area contributed by atoms with Gasteiger partial charge in [-0.25, -0.2) is 4.79 Å². The molecule has 0 fully saturated rings. The molecule has 0 radical (unpaired) electrons. The predicted molar refractivity (Wildman–Crippen MR) is 77.3 cm³/mol. The maximum Gasteiger partial charge on any atom is 0.338 e. The molecule has 2 aromatic rings. The third-order valence-corrected chi connectivity index (χ3v) is 3.67. The molecule has 1 heterocycles. The molecular formula is C17H15NO3. The lowest BCUT2D eigenvalue weighted by Crippen LogP contribution is -2.14. The van der Waals surface area contributed by atoms with Crippen LogP contribution in [0.5, 0.6) is 0 Å². The van der Waals surface area contributed by atoms with E-state index in [9.17, 15) is 9.59 Å². The number of esters is 1. The number of ketones is 1. The van der Waals surface area contributed by atoms with Crippen molar-refractivity contribution >= 4 is 11.8 Å². The zero-order valence-corrected chi connectivity index (χ0v) is 11.5. The van der Waals surface area contributed by atoms with E-state index in [0.717, 1.165) is 19.3 Å². The molecule has 1 aliphatic carbocycles. The highest BCUT2D eigenvalue weighted by Crippen LogP contribution is 2.23. The summed E-state index contributed by atoms with van der Waals surface area (Å²) in [6.07, 6.45) is 6.27. The van der Waals surface area contributed by atoms with Crippen LogP contribution in [0.4, 0.5) is 0 Å². The van der Waals surface area contributed by atoms with Crippen LogP contribution >= 0.6 is 0 Å². The molecule has 0 saturated heterocycles. The van der Waals surface area contributed by atoms with Crippen LogP contribution in [0.3, 0.4) is 0 Å². The van der Waals surface area contributed by atoms with E-state index in [4.69, 9.17) is 4.74 Å². The van der Waals surface area contributed by atoms with Crippen molar-refractivity contribution in [1.29, 1.82) is 0 Å². The Morgan fingerprint density at radius 3 is 2.57 bits per heavy atom. The van der Waals surface area contributed by atoms with Crippen molar-refractivity contribution in [2.45, 2.75) is 19.3 Å². The second kappa shape index (κ2) is 5.87. The number of rotatable bonds is 4. The minimum atomic E-state index is -0.507. The third kappa shape index (κ3) is 2.99. The van der Waals surface area contributed by atoms with Gasteiger partial charge in [0.25, 0.3) is 0 Å². The molecule has 106 valence electrons. The topological polar surface area (TPSA) is 56.3 Å². The molecule has 1 aromatic heterocycles. The van der Waals surface area contributed by atoms with Gasteiger partial charge in [0.15, 0.2) is 12.4 Å². The van der Waals surface area contributed by atoms with Crippen LogP contribution in [0.1, 0.15) is 38.3 Å². The largest absolute Gasteiger partial charge is 0.454 e. The van der Waals surface area contributed by atoms with Crippen molar-refractivity contribution in [2.75, 3.05) is 6.61 Å². The van der Waals surface area contributed by atoms with E-state index >= 15 is 0 Å². The number of aryl methyl sites for hydroxylation is 2. The van der Waals surface area contributed by atoms with Crippen molar-refractivity contribution < 1.29 is 14.3 Å². The number of hydrogen-bond donors (Lipinski definition) is 0. The molecule has 4 heteroatoms. The third-order valence-electron chi connectivity index (χ3n) is 3.67. The molecule has 0 unspecified atom stereocenters. The molecule has 0 bridgehead atoms. The van der Waals surface area contributed by atoms with Crippen molar-refractivity contribution in [3.8, 4) is 0 Å². The summed E-state index contributed by atoms with van der Waals surface area (Å²) in [5.74, 6) is -0.681. The van der Waals surface area contributed by atoms with Gasteiger partial charge >= 0.3 is 5.97 Å². The maximum absolute atomic E-state index is 12.1. The SMILES string of the molecule is O=C(COC(=O)c1ccncc1)c1ccc2c(c1)CCC2. The van der Waals surface area contributed by atoms with Crippen LogP contribution in [0, 0.1) is 0 Å². The molecule has 0 N–H and O–H groups in total. The lowest BCUT2D eigenvalue weighted by Gasteiger charge is -2.06. The summed E-state index contributed by atoms with van der Waals surface area (Å²) in [5.41, 5.74) is 3.56. The van der Waals surface area contributed by atoms with E-state index in [1.807, 2.05) is 18.2 Å². The molecule has 0 saturated carbocycles. The summed E-state index contributed by atoms with van der Waals surface area (Å²) in [6.45, 7) is -0.236. The summed E-state index contributed by atoms with van der Waals surface area (Å²) in [4.78, 5) is 27.7. The van der Waals surface area contributed by atoms with Gasteiger partial charge in [-0.3, -0.25) is 9.78 Å². The number of carbonyl (C=O) groups is 2. The standard InChI is InChI=1S/C17H15NO3/c19-16(11-21-17(20)13-6-8-18-9-7-13)15-5-4-12-2-1-3-14(12)10-15/h4-10H,1-3,11H2. The fourth-order valence-electron chi connectivity index (χ4n) is 2.53. The lowest BCUT2D eigenvalue weighted by atomic mass is 10.0. The summed E-state index contributed by atoms with van der Waals surface area (Å²) in [6, 6.07) is 8.85. The van der Waals surface area contributed by atoms with Gasteiger partial charge in [-0.1, -0.05) is 12.1 Å². The average molecular weight is 281 g/mol. The van der Waals surface area contributed by atoms with E-state index in [1.165, 1.54) is 23.5 Å². The molecule has 0 spiro atoms. The molecule has 0 aliphatic heterocycles. The van der Waals surface area contributed by atoms with Gasteiger partial charge in [-0.15, -0.1) is 0 Å². The Labute approximate surface area is 122 Å². The summed E-state index contributed by atoms with van der Waals surface area (Å²) >= 11 is 0. The zero-order valence-electron chi connectivity index (χ0n) is 11.5. The number of carbonyl (C=O) groups excluding carboxylic acids is 2. The van der Waals surface area contributed by atoms with Gasteiger partial charge in [0.2, 0.25) is 0 Å². The van der Waals surface area contributed by atoms with Crippen molar-refractivity contribution in [3.63, 3.8) is 0 Å².